The standard InChI is InChI=1S/C7H15N5OS/c1-5(4-13)12(2)3-6-7(9-8)14-11-10-6/h5,9,13H,3-4,8H2,1-2H3. The number of nitrogens with zero attached hydrogens (tertiary/aromatic N) is 3. The third kappa shape index (κ3) is 2.61. The average Bonchev–Trinajstić information content (AvgIpc) is 2.63. The maximum Gasteiger partial charge on any atom is 0.148 e. The Bertz CT molecular complexity index is 279. The second-order valence-electron chi connectivity index (χ2n) is 3.14. The molecule has 4 N–H and O–H groups in total. The fourth-order valence-electron chi connectivity index (χ4n) is 0.953. The summed E-state index contributed by atoms with van der Waals surface area (Å²) in [5.41, 5.74) is 3.35. The predicted octanol–water partition coefficient (Wildman–Crippen LogP) is -0.364. The minimum atomic E-state index is 0.0994. The molecule has 0 aromatic carbocycles. The number of hydrazine groups is 1. The van der Waals surface area contributed by atoms with Crippen LogP contribution in [-0.2, 0) is 6.54 Å². The number of rotatable bonds is 5. The molecule has 1 heterocycles. The fraction of sp³-hybridized carbons (Fsp3) is 0.714. The topological polar surface area (TPSA) is 87.3 Å². The van der Waals surface area contributed by atoms with E-state index in [2.05, 4.69) is 15.0 Å². The number of likely N-dealkylation sites (N-methyl/N-ethyl adjacent to an activating group) is 1. The van der Waals surface area contributed by atoms with Crippen molar-refractivity contribution in [3.8, 4) is 0 Å². The van der Waals surface area contributed by atoms with Crippen LogP contribution in [0.4, 0.5) is 5.00 Å². The van der Waals surface area contributed by atoms with Crippen molar-refractivity contribution < 1.29 is 5.11 Å². The molecule has 0 bridgehead atoms. The van der Waals surface area contributed by atoms with E-state index in [9.17, 15) is 0 Å². The van der Waals surface area contributed by atoms with Crippen LogP contribution in [0.15, 0.2) is 0 Å². The van der Waals surface area contributed by atoms with Gasteiger partial charge in [-0.15, -0.1) is 5.10 Å². The van der Waals surface area contributed by atoms with Crippen LogP contribution in [-0.4, -0.2) is 39.3 Å². The molecule has 80 valence electrons. The van der Waals surface area contributed by atoms with Crippen molar-refractivity contribution in [1.29, 1.82) is 0 Å². The second kappa shape index (κ2) is 5.20. The van der Waals surface area contributed by atoms with Gasteiger partial charge in [0, 0.05) is 24.1 Å². The van der Waals surface area contributed by atoms with Crippen LogP contribution >= 0.6 is 11.5 Å². The third-order valence-corrected chi connectivity index (χ3v) is 2.80. The first-order chi connectivity index (χ1) is 6.69. The molecule has 0 spiro atoms. The molecule has 0 radical (unpaired) electrons. The van der Waals surface area contributed by atoms with Gasteiger partial charge in [-0.3, -0.25) is 4.90 Å². The fourth-order valence-corrected chi connectivity index (χ4v) is 1.44. The Morgan fingerprint density at radius 3 is 3.00 bits per heavy atom. The van der Waals surface area contributed by atoms with E-state index in [4.69, 9.17) is 10.9 Å². The number of anilines is 1. The zero-order chi connectivity index (χ0) is 10.6. The molecule has 0 aliphatic rings. The molecule has 0 saturated carbocycles. The first kappa shape index (κ1) is 11.3. The lowest BCUT2D eigenvalue weighted by Gasteiger charge is -2.21. The minimum Gasteiger partial charge on any atom is -0.395 e. The highest BCUT2D eigenvalue weighted by Gasteiger charge is 2.13. The highest BCUT2D eigenvalue weighted by atomic mass is 32.1. The van der Waals surface area contributed by atoms with Gasteiger partial charge < -0.3 is 10.5 Å². The van der Waals surface area contributed by atoms with Crippen LogP contribution in [0.5, 0.6) is 0 Å². The molecule has 6 nitrogen and oxygen atoms in total. The first-order valence-corrected chi connectivity index (χ1v) is 5.05. The van der Waals surface area contributed by atoms with E-state index in [1.54, 1.807) is 0 Å². The van der Waals surface area contributed by atoms with Crippen molar-refractivity contribution in [3.05, 3.63) is 5.69 Å². The highest BCUT2D eigenvalue weighted by Crippen LogP contribution is 2.17. The van der Waals surface area contributed by atoms with Gasteiger partial charge in [0.1, 0.15) is 10.7 Å². The molecule has 0 aliphatic carbocycles. The molecule has 0 saturated heterocycles. The Morgan fingerprint density at radius 2 is 2.43 bits per heavy atom. The summed E-state index contributed by atoms with van der Waals surface area (Å²) in [6.07, 6.45) is 0. The predicted molar refractivity (Wildman–Crippen MR) is 55.7 cm³/mol. The van der Waals surface area contributed by atoms with E-state index in [1.165, 1.54) is 11.5 Å². The van der Waals surface area contributed by atoms with Gasteiger partial charge in [-0.05, 0) is 14.0 Å². The summed E-state index contributed by atoms with van der Waals surface area (Å²) in [6.45, 7) is 2.69. The summed E-state index contributed by atoms with van der Waals surface area (Å²) in [7, 11) is 1.92. The number of aliphatic hydroxyl groups excluding tert-OH is 1. The van der Waals surface area contributed by atoms with Crippen LogP contribution in [0.2, 0.25) is 0 Å². The van der Waals surface area contributed by atoms with Crippen molar-refractivity contribution in [2.75, 3.05) is 19.1 Å². The van der Waals surface area contributed by atoms with Gasteiger partial charge in [0.25, 0.3) is 0 Å². The van der Waals surface area contributed by atoms with E-state index >= 15 is 0 Å². The molecular formula is C7H15N5OS. The monoisotopic (exact) mass is 217 g/mol. The van der Waals surface area contributed by atoms with E-state index in [-0.39, 0.29) is 12.6 Å². The zero-order valence-electron chi connectivity index (χ0n) is 8.27. The molecule has 0 fully saturated rings. The van der Waals surface area contributed by atoms with Gasteiger partial charge in [-0.25, -0.2) is 5.84 Å². The van der Waals surface area contributed by atoms with Crippen molar-refractivity contribution in [3.63, 3.8) is 0 Å². The average molecular weight is 217 g/mol. The van der Waals surface area contributed by atoms with Crippen molar-refractivity contribution in [1.82, 2.24) is 14.5 Å². The SMILES string of the molecule is CC(CO)N(C)Cc1nnsc1NN. The summed E-state index contributed by atoms with van der Waals surface area (Å²) in [5, 5.41) is 13.7. The first-order valence-electron chi connectivity index (χ1n) is 4.28. The summed E-state index contributed by atoms with van der Waals surface area (Å²) in [5.74, 6) is 5.29. The molecule has 0 aliphatic heterocycles. The van der Waals surface area contributed by atoms with E-state index in [1.807, 2.05) is 18.9 Å². The molecule has 1 aromatic rings. The van der Waals surface area contributed by atoms with Crippen molar-refractivity contribution in [2.24, 2.45) is 5.84 Å². The van der Waals surface area contributed by atoms with E-state index < -0.39 is 0 Å². The molecule has 1 unspecified atom stereocenters. The molecule has 1 aromatic heterocycles. The lowest BCUT2D eigenvalue weighted by molar-refractivity contribution is 0.153. The summed E-state index contributed by atoms with van der Waals surface area (Å²) < 4.78 is 3.79. The lowest BCUT2D eigenvalue weighted by Crippen LogP contribution is -2.31. The summed E-state index contributed by atoms with van der Waals surface area (Å²) in [6, 6.07) is 0.0994. The minimum absolute atomic E-state index is 0.0994. The van der Waals surface area contributed by atoms with Gasteiger partial charge in [0.2, 0.25) is 0 Å². The molecule has 14 heavy (non-hydrogen) atoms. The van der Waals surface area contributed by atoms with Crippen LogP contribution in [0.3, 0.4) is 0 Å². The second-order valence-corrected chi connectivity index (χ2v) is 3.89. The molecule has 1 atom stereocenters. The Kier molecular flexibility index (Phi) is 4.21. The quantitative estimate of drug-likeness (QED) is 0.461. The van der Waals surface area contributed by atoms with Crippen LogP contribution < -0.4 is 11.3 Å². The lowest BCUT2D eigenvalue weighted by atomic mass is 10.3. The van der Waals surface area contributed by atoms with Gasteiger partial charge in [0.15, 0.2) is 0 Å². The number of aliphatic hydroxyl groups is 1. The number of nitrogens with one attached hydrogen (secondary N) is 1. The number of nitrogen functional groups attached to an aromatic ring is 1. The van der Waals surface area contributed by atoms with Gasteiger partial charge in [0.05, 0.1) is 6.61 Å². The van der Waals surface area contributed by atoms with Gasteiger partial charge in [-0.1, -0.05) is 4.49 Å². The number of aromatic nitrogens is 2. The van der Waals surface area contributed by atoms with Crippen LogP contribution in [0.25, 0.3) is 0 Å². The molecule has 7 heteroatoms. The van der Waals surface area contributed by atoms with Gasteiger partial charge >= 0.3 is 0 Å². The largest absolute Gasteiger partial charge is 0.395 e. The Balaban J connectivity index is 2.59. The van der Waals surface area contributed by atoms with Crippen LogP contribution in [0.1, 0.15) is 12.6 Å². The third-order valence-electron chi connectivity index (χ3n) is 2.10. The summed E-state index contributed by atoms with van der Waals surface area (Å²) in [4.78, 5) is 1.98. The molecule has 1 rings (SSSR count). The molecule has 0 amide bonds. The summed E-state index contributed by atoms with van der Waals surface area (Å²) >= 11 is 1.22. The number of nitrogens with two attached hydrogens (primary N) is 1. The zero-order valence-corrected chi connectivity index (χ0v) is 9.08. The Hall–Kier alpha value is -0.760. The smallest absolute Gasteiger partial charge is 0.148 e. The Labute approximate surface area is 86.9 Å². The number of hydrogen-bond acceptors (Lipinski definition) is 7. The van der Waals surface area contributed by atoms with E-state index in [0.717, 1.165) is 10.7 Å². The van der Waals surface area contributed by atoms with Crippen molar-refractivity contribution >= 4 is 16.5 Å². The normalized spacial score (nSPS) is 13.2. The van der Waals surface area contributed by atoms with Crippen LogP contribution in [0, 0.1) is 0 Å². The van der Waals surface area contributed by atoms with E-state index in [0.29, 0.717) is 6.54 Å². The maximum atomic E-state index is 8.94. The molecular weight excluding hydrogens is 202 g/mol. The van der Waals surface area contributed by atoms with Crippen molar-refractivity contribution in [2.45, 2.75) is 19.5 Å². The highest BCUT2D eigenvalue weighted by molar-refractivity contribution is 7.10. The maximum absolute atomic E-state index is 8.94. The van der Waals surface area contributed by atoms with Gasteiger partial charge in [-0.2, -0.15) is 0 Å². The Morgan fingerprint density at radius 1 is 1.71 bits per heavy atom. The number of hydrogen-bond donors (Lipinski definition) is 3.